The van der Waals surface area contributed by atoms with Crippen LogP contribution in [0.5, 0.6) is 11.5 Å². The molecule has 0 atom stereocenters. The van der Waals surface area contributed by atoms with Crippen LogP contribution < -0.4 is 9.47 Å². The molecule has 2 aromatic carbocycles. The maximum atomic E-state index is 9.59. The summed E-state index contributed by atoms with van der Waals surface area (Å²) in [5.74, 6) is 1.14. The molecule has 128 valence electrons. The van der Waals surface area contributed by atoms with Gasteiger partial charge in [-0.3, -0.25) is 0 Å². The van der Waals surface area contributed by atoms with Crippen LogP contribution in [0.1, 0.15) is 10.6 Å². The Hall–Kier alpha value is -2.81. The molecule has 0 amide bonds. The first-order valence-electron chi connectivity index (χ1n) is 7.97. The second kappa shape index (κ2) is 7.20. The number of nitrogens with zero attached hydrogens (tertiary/aromatic N) is 2. The molecule has 1 aliphatic rings. The number of aromatic nitrogens is 1. The van der Waals surface area contributed by atoms with Crippen LogP contribution in [0.2, 0.25) is 5.02 Å². The van der Waals surface area contributed by atoms with Gasteiger partial charge < -0.3 is 9.47 Å². The van der Waals surface area contributed by atoms with Gasteiger partial charge in [0.15, 0.2) is 11.5 Å². The minimum atomic E-state index is 0.467. The summed E-state index contributed by atoms with van der Waals surface area (Å²) in [6.07, 6.45) is 1.76. The Balaban J connectivity index is 1.69. The molecule has 3 aromatic rings. The van der Waals surface area contributed by atoms with Crippen molar-refractivity contribution in [2.24, 2.45) is 0 Å². The second-order valence-electron chi connectivity index (χ2n) is 5.60. The highest BCUT2D eigenvalue weighted by Gasteiger charge is 2.17. The molecule has 0 saturated carbocycles. The minimum absolute atomic E-state index is 0.467. The SMILES string of the molecule is N#C/C(=C\c1cc(Cl)c2c(c1)OCCO2)c1nc(-c2ccccc2)cs1. The Kier molecular flexibility index (Phi) is 4.61. The zero-order valence-electron chi connectivity index (χ0n) is 13.6. The number of rotatable bonds is 3. The Morgan fingerprint density at radius 2 is 2.00 bits per heavy atom. The summed E-state index contributed by atoms with van der Waals surface area (Å²) in [6, 6.07) is 15.7. The first kappa shape index (κ1) is 16.6. The summed E-state index contributed by atoms with van der Waals surface area (Å²) >= 11 is 7.71. The standard InChI is InChI=1S/C20H13ClN2O2S/c21-16-9-13(10-18-19(16)25-7-6-24-18)8-15(11-22)20-23-17(12-26-20)14-4-2-1-3-5-14/h1-5,8-10,12H,6-7H2/b15-8+. The monoisotopic (exact) mass is 380 g/mol. The molecule has 0 bridgehead atoms. The van der Waals surface area contributed by atoms with Crippen LogP contribution >= 0.6 is 22.9 Å². The highest BCUT2D eigenvalue weighted by Crippen LogP contribution is 2.39. The van der Waals surface area contributed by atoms with E-state index in [2.05, 4.69) is 11.1 Å². The van der Waals surface area contributed by atoms with Gasteiger partial charge in [-0.15, -0.1) is 11.3 Å². The number of thiazole rings is 1. The molecular formula is C20H13ClN2O2S. The zero-order chi connectivity index (χ0) is 17.9. The molecule has 0 spiro atoms. The molecule has 1 aliphatic heterocycles. The van der Waals surface area contributed by atoms with Crippen LogP contribution in [0.3, 0.4) is 0 Å². The number of hydrogen-bond acceptors (Lipinski definition) is 5. The molecule has 0 aliphatic carbocycles. The van der Waals surface area contributed by atoms with E-state index in [-0.39, 0.29) is 0 Å². The fraction of sp³-hybridized carbons (Fsp3) is 0.100. The summed E-state index contributed by atoms with van der Waals surface area (Å²) in [5.41, 5.74) is 3.12. The largest absolute Gasteiger partial charge is 0.486 e. The molecule has 26 heavy (non-hydrogen) atoms. The molecule has 0 fully saturated rings. The van der Waals surface area contributed by atoms with E-state index >= 15 is 0 Å². The Morgan fingerprint density at radius 3 is 2.81 bits per heavy atom. The van der Waals surface area contributed by atoms with Gasteiger partial charge in [-0.25, -0.2) is 4.98 Å². The number of nitriles is 1. The molecule has 4 rings (SSSR count). The normalized spacial score (nSPS) is 13.3. The molecule has 0 radical (unpaired) electrons. The summed E-state index contributed by atoms with van der Waals surface area (Å²) in [4.78, 5) is 4.60. The van der Waals surface area contributed by atoms with Gasteiger partial charge in [-0.1, -0.05) is 41.9 Å². The predicted octanol–water partition coefficient (Wildman–Crippen LogP) is 5.30. The van der Waals surface area contributed by atoms with Crippen LogP contribution in [0.25, 0.3) is 22.9 Å². The van der Waals surface area contributed by atoms with Crippen LogP contribution in [0.4, 0.5) is 0 Å². The van der Waals surface area contributed by atoms with Gasteiger partial charge >= 0.3 is 0 Å². The van der Waals surface area contributed by atoms with Crippen molar-refractivity contribution in [1.29, 1.82) is 5.26 Å². The van der Waals surface area contributed by atoms with Gasteiger partial charge in [0.2, 0.25) is 0 Å². The number of halogens is 1. The molecule has 0 unspecified atom stereocenters. The van der Waals surface area contributed by atoms with Crippen molar-refractivity contribution in [3.63, 3.8) is 0 Å². The lowest BCUT2D eigenvalue weighted by atomic mass is 10.1. The van der Waals surface area contributed by atoms with Gasteiger partial charge in [0.25, 0.3) is 0 Å². The van der Waals surface area contributed by atoms with Gasteiger partial charge in [-0.05, 0) is 23.8 Å². The maximum Gasteiger partial charge on any atom is 0.179 e. The summed E-state index contributed by atoms with van der Waals surface area (Å²) in [6.45, 7) is 0.960. The van der Waals surface area contributed by atoms with Crippen molar-refractivity contribution in [2.75, 3.05) is 13.2 Å². The minimum Gasteiger partial charge on any atom is -0.486 e. The maximum absolute atomic E-state index is 9.59. The van der Waals surface area contributed by atoms with Crippen molar-refractivity contribution in [1.82, 2.24) is 4.98 Å². The first-order valence-corrected chi connectivity index (χ1v) is 9.22. The fourth-order valence-electron chi connectivity index (χ4n) is 2.66. The van der Waals surface area contributed by atoms with E-state index in [1.165, 1.54) is 11.3 Å². The van der Waals surface area contributed by atoms with Crippen molar-refractivity contribution in [3.8, 4) is 28.8 Å². The quantitative estimate of drug-likeness (QED) is 0.578. The van der Waals surface area contributed by atoms with Crippen LogP contribution in [0.15, 0.2) is 47.8 Å². The van der Waals surface area contributed by atoms with Gasteiger partial charge in [0, 0.05) is 10.9 Å². The highest BCUT2D eigenvalue weighted by atomic mass is 35.5. The van der Waals surface area contributed by atoms with Gasteiger partial charge in [-0.2, -0.15) is 5.26 Å². The average molecular weight is 381 g/mol. The third-order valence-corrected chi connectivity index (χ3v) is 5.01. The number of benzene rings is 2. The average Bonchev–Trinajstić information content (AvgIpc) is 3.17. The molecule has 1 aromatic heterocycles. The number of fused-ring (bicyclic) bond motifs is 1. The lowest BCUT2D eigenvalue weighted by Crippen LogP contribution is -2.15. The third-order valence-electron chi connectivity index (χ3n) is 3.85. The van der Waals surface area contributed by atoms with E-state index in [1.807, 2.05) is 41.8 Å². The molecule has 2 heterocycles. The number of allylic oxidation sites excluding steroid dienone is 1. The smallest absolute Gasteiger partial charge is 0.179 e. The van der Waals surface area contributed by atoms with Crippen molar-refractivity contribution in [3.05, 3.63) is 63.4 Å². The van der Waals surface area contributed by atoms with Gasteiger partial charge in [0.1, 0.15) is 24.3 Å². The summed E-state index contributed by atoms with van der Waals surface area (Å²) in [5, 5.41) is 12.7. The Morgan fingerprint density at radius 1 is 1.19 bits per heavy atom. The molecule has 4 nitrogen and oxygen atoms in total. The Bertz CT molecular complexity index is 1020. The highest BCUT2D eigenvalue weighted by molar-refractivity contribution is 7.11. The molecule has 0 saturated heterocycles. The topological polar surface area (TPSA) is 55.1 Å². The van der Waals surface area contributed by atoms with Crippen LogP contribution in [0, 0.1) is 11.3 Å². The molecule has 6 heteroatoms. The van der Waals surface area contributed by atoms with E-state index in [1.54, 1.807) is 12.1 Å². The number of ether oxygens (including phenoxy) is 2. The lowest BCUT2D eigenvalue weighted by Gasteiger charge is -2.19. The van der Waals surface area contributed by atoms with Crippen molar-refractivity contribution >= 4 is 34.6 Å². The predicted molar refractivity (Wildman–Crippen MR) is 103 cm³/mol. The summed E-state index contributed by atoms with van der Waals surface area (Å²) in [7, 11) is 0. The number of hydrogen-bond donors (Lipinski definition) is 0. The van der Waals surface area contributed by atoms with Crippen LogP contribution in [-0.2, 0) is 0 Å². The van der Waals surface area contributed by atoms with E-state index < -0.39 is 0 Å². The summed E-state index contributed by atoms with van der Waals surface area (Å²) < 4.78 is 11.1. The van der Waals surface area contributed by atoms with Crippen molar-refractivity contribution < 1.29 is 9.47 Å². The molecular weight excluding hydrogens is 368 g/mol. The first-order chi connectivity index (χ1) is 12.7. The van der Waals surface area contributed by atoms with Crippen molar-refractivity contribution in [2.45, 2.75) is 0 Å². The zero-order valence-corrected chi connectivity index (χ0v) is 15.2. The second-order valence-corrected chi connectivity index (χ2v) is 6.87. The molecule has 0 N–H and O–H groups in total. The van der Waals surface area contributed by atoms with E-state index in [9.17, 15) is 5.26 Å². The lowest BCUT2D eigenvalue weighted by molar-refractivity contribution is 0.171. The van der Waals surface area contributed by atoms with Crippen LogP contribution in [-0.4, -0.2) is 18.2 Å². The van der Waals surface area contributed by atoms with E-state index in [0.29, 0.717) is 40.3 Å². The van der Waals surface area contributed by atoms with Gasteiger partial charge in [0.05, 0.1) is 16.3 Å². The van der Waals surface area contributed by atoms with E-state index in [0.717, 1.165) is 16.8 Å². The van der Waals surface area contributed by atoms with E-state index in [4.69, 9.17) is 21.1 Å². The fourth-order valence-corrected chi connectivity index (χ4v) is 3.73. The Labute approximate surface area is 159 Å². The third kappa shape index (κ3) is 3.30.